The van der Waals surface area contributed by atoms with E-state index in [1.165, 1.54) is 16.9 Å². The number of rotatable bonds is 3. The summed E-state index contributed by atoms with van der Waals surface area (Å²) in [5.74, 6) is -0.0934. The van der Waals surface area contributed by atoms with Crippen LogP contribution in [0.4, 0.5) is 5.82 Å². The lowest BCUT2D eigenvalue weighted by molar-refractivity contribution is -0.392. The van der Waals surface area contributed by atoms with Gasteiger partial charge in [-0.05, 0) is 17.1 Å². The Kier molecular flexibility index (Phi) is 2.69. The summed E-state index contributed by atoms with van der Waals surface area (Å²) in [6.07, 6.45) is 5.00. The normalized spacial score (nSPS) is 10.6. The van der Waals surface area contributed by atoms with E-state index in [0.29, 0.717) is 11.1 Å². The van der Waals surface area contributed by atoms with Gasteiger partial charge < -0.3 is 14.5 Å². The molecule has 0 unspecified atom stereocenters. The fraction of sp³-hybridized carbons (Fsp3) is 0.0769. The first-order valence-corrected chi connectivity index (χ1v) is 5.85. The second kappa shape index (κ2) is 4.51. The number of nitro groups is 1. The van der Waals surface area contributed by atoms with Gasteiger partial charge in [-0.2, -0.15) is 5.26 Å². The van der Waals surface area contributed by atoms with Crippen LogP contribution in [0.15, 0.2) is 42.9 Å². The Balaban J connectivity index is 2.09. The van der Waals surface area contributed by atoms with Crippen LogP contribution in [0.5, 0.6) is 0 Å². The SMILES string of the molecule is N#Cc1c(Cn2nccc2[N+](=O)[O-])cn2ccccc12. The lowest BCUT2D eigenvalue weighted by Crippen LogP contribution is -2.06. The molecule has 0 spiro atoms. The van der Waals surface area contributed by atoms with E-state index in [0.717, 1.165) is 5.52 Å². The molecule has 0 amide bonds. The second-order valence-corrected chi connectivity index (χ2v) is 4.24. The quantitative estimate of drug-likeness (QED) is 0.536. The van der Waals surface area contributed by atoms with Crippen LogP contribution < -0.4 is 0 Å². The Hall–Kier alpha value is -3.14. The summed E-state index contributed by atoms with van der Waals surface area (Å²) >= 11 is 0. The molecule has 0 bridgehead atoms. The van der Waals surface area contributed by atoms with Gasteiger partial charge in [0, 0.05) is 18.0 Å². The highest BCUT2D eigenvalue weighted by atomic mass is 16.6. The molecule has 0 aliphatic rings. The van der Waals surface area contributed by atoms with E-state index < -0.39 is 4.92 Å². The molecule has 0 N–H and O–H groups in total. The summed E-state index contributed by atoms with van der Waals surface area (Å²) < 4.78 is 3.10. The van der Waals surface area contributed by atoms with Gasteiger partial charge in [-0.25, -0.2) is 0 Å². The molecule has 0 aliphatic carbocycles. The fourth-order valence-corrected chi connectivity index (χ4v) is 2.19. The predicted molar refractivity (Wildman–Crippen MR) is 70.1 cm³/mol. The molecular formula is C13H9N5O2. The lowest BCUT2D eigenvalue weighted by atomic mass is 10.2. The largest absolute Gasteiger partial charge is 0.358 e. The average molecular weight is 267 g/mol. The van der Waals surface area contributed by atoms with Gasteiger partial charge in [0.05, 0.1) is 23.3 Å². The number of nitriles is 1. The summed E-state index contributed by atoms with van der Waals surface area (Å²) in [6.45, 7) is 0.188. The number of fused-ring (bicyclic) bond motifs is 1. The maximum Gasteiger partial charge on any atom is 0.345 e. The van der Waals surface area contributed by atoms with E-state index in [1.807, 2.05) is 28.8 Å². The molecule has 7 heteroatoms. The molecule has 0 saturated heterocycles. The minimum atomic E-state index is -0.491. The summed E-state index contributed by atoms with van der Waals surface area (Å²) in [6, 6.07) is 9.01. The lowest BCUT2D eigenvalue weighted by Gasteiger charge is -1.98. The molecule has 0 aliphatic heterocycles. The number of pyridine rings is 1. The molecule has 20 heavy (non-hydrogen) atoms. The van der Waals surface area contributed by atoms with Gasteiger partial charge in [0.25, 0.3) is 0 Å². The number of aromatic nitrogens is 3. The van der Waals surface area contributed by atoms with Crippen molar-refractivity contribution in [3.05, 3.63) is 64.1 Å². The summed E-state index contributed by atoms with van der Waals surface area (Å²) in [5, 5.41) is 24.1. The summed E-state index contributed by atoms with van der Waals surface area (Å²) in [7, 11) is 0. The van der Waals surface area contributed by atoms with Gasteiger partial charge in [0.1, 0.15) is 12.6 Å². The number of nitrogens with zero attached hydrogens (tertiary/aromatic N) is 5. The van der Waals surface area contributed by atoms with Gasteiger partial charge in [-0.15, -0.1) is 4.68 Å². The van der Waals surface area contributed by atoms with E-state index in [9.17, 15) is 15.4 Å². The molecule has 0 fully saturated rings. The smallest absolute Gasteiger partial charge is 0.345 e. The number of hydrogen-bond acceptors (Lipinski definition) is 4. The first kappa shape index (κ1) is 11.9. The van der Waals surface area contributed by atoms with Crippen molar-refractivity contribution >= 4 is 11.3 Å². The third-order valence-corrected chi connectivity index (χ3v) is 3.08. The molecule has 0 radical (unpaired) electrons. The van der Waals surface area contributed by atoms with E-state index in [4.69, 9.17) is 0 Å². The molecule has 0 atom stereocenters. The Morgan fingerprint density at radius 1 is 1.40 bits per heavy atom. The fourth-order valence-electron chi connectivity index (χ4n) is 2.19. The highest BCUT2D eigenvalue weighted by Gasteiger charge is 2.18. The van der Waals surface area contributed by atoms with Gasteiger partial charge in [-0.1, -0.05) is 11.2 Å². The van der Waals surface area contributed by atoms with E-state index in [1.54, 1.807) is 6.20 Å². The molecular weight excluding hydrogens is 258 g/mol. The van der Waals surface area contributed by atoms with Gasteiger partial charge >= 0.3 is 5.82 Å². The van der Waals surface area contributed by atoms with Crippen molar-refractivity contribution in [2.45, 2.75) is 6.54 Å². The molecule has 98 valence electrons. The topological polar surface area (TPSA) is 89.2 Å². The molecule has 3 rings (SSSR count). The van der Waals surface area contributed by atoms with Crippen LogP contribution in [-0.4, -0.2) is 19.1 Å². The third-order valence-electron chi connectivity index (χ3n) is 3.08. The zero-order chi connectivity index (χ0) is 14.1. The maximum absolute atomic E-state index is 10.9. The van der Waals surface area contributed by atoms with Crippen molar-refractivity contribution in [2.75, 3.05) is 0 Å². The Morgan fingerprint density at radius 2 is 2.25 bits per heavy atom. The molecule has 0 aromatic carbocycles. The van der Waals surface area contributed by atoms with Crippen molar-refractivity contribution < 1.29 is 4.92 Å². The van der Waals surface area contributed by atoms with Gasteiger partial charge in [-0.3, -0.25) is 0 Å². The van der Waals surface area contributed by atoms with Crippen LogP contribution >= 0.6 is 0 Å². The predicted octanol–water partition coefficient (Wildman–Crippen LogP) is 1.96. The van der Waals surface area contributed by atoms with Crippen LogP contribution in [0.1, 0.15) is 11.1 Å². The van der Waals surface area contributed by atoms with Crippen LogP contribution in [0.3, 0.4) is 0 Å². The Morgan fingerprint density at radius 3 is 3.00 bits per heavy atom. The van der Waals surface area contributed by atoms with E-state index in [-0.39, 0.29) is 12.4 Å². The minimum absolute atomic E-state index is 0.0934. The molecule has 3 aromatic rings. The van der Waals surface area contributed by atoms with E-state index >= 15 is 0 Å². The van der Waals surface area contributed by atoms with Crippen molar-refractivity contribution in [3.63, 3.8) is 0 Å². The molecule has 0 saturated carbocycles. The van der Waals surface area contributed by atoms with Crippen molar-refractivity contribution in [3.8, 4) is 6.07 Å². The first-order valence-electron chi connectivity index (χ1n) is 5.85. The minimum Gasteiger partial charge on any atom is -0.358 e. The second-order valence-electron chi connectivity index (χ2n) is 4.24. The highest BCUT2D eigenvalue weighted by molar-refractivity contribution is 5.65. The number of hydrogen-bond donors (Lipinski definition) is 0. The molecule has 3 heterocycles. The molecule has 3 aromatic heterocycles. The van der Waals surface area contributed by atoms with Gasteiger partial charge in [0.15, 0.2) is 0 Å². The van der Waals surface area contributed by atoms with Crippen LogP contribution in [0.2, 0.25) is 0 Å². The van der Waals surface area contributed by atoms with Crippen molar-refractivity contribution in [2.24, 2.45) is 0 Å². The Bertz CT molecular complexity index is 840. The van der Waals surface area contributed by atoms with Crippen LogP contribution in [0, 0.1) is 21.4 Å². The monoisotopic (exact) mass is 267 g/mol. The van der Waals surface area contributed by atoms with Crippen LogP contribution in [-0.2, 0) is 6.54 Å². The Labute approximate surface area is 113 Å². The summed E-state index contributed by atoms with van der Waals surface area (Å²) in [5.41, 5.74) is 1.99. The standard InChI is InChI=1S/C13H9N5O2/c14-7-11-10(8-16-6-2-1-3-12(11)16)9-17-13(18(19)20)4-5-15-17/h1-6,8H,9H2. The zero-order valence-electron chi connectivity index (χ0n) is 10.3. The van der Waals surface area contributed by atoms with Gasteiger partial charge in [0.2, 0.25) is 0 Å². The average Bonchev–Trinajstić information content (AvgIpc) is 3.02. The van der Waals surface area contributed by atoms with Crippen LogP contribution in [0.25, 0.3) is 5.52 Å². The highest BCUT2D eigenvalue weighted by Crippen LogP contribution is 2.20. The first-order chi connectivity index (χ1) is 9.70. The third kappa shape index (κ3) is 1.80. The van der Waals surface area contributed by atoms with E-state index in [2.05, 4.69) is 11.2 Å². The maximum atomic E-state index is 10.9. The molecule has 7 nitrogen and oxygen atoms in total. The summed E-state index contributed by atoms with van der Waals surface area (Å²) in [4.78, 5) is 10.4. The zero-order valence-corrected chi connectivity index (χ0v) is 10.3. The van der Waals surface area contributed by atoms with Crippen molar-refractivity contribution in [1.29, 1.82) is 5.26 Å². The van der Waals surface area contributed by atoms with Crippen molar-refractivity contribution in [1.82, 2.24) is 14.2 Å².